The van der Waals surface area contributed by atoms with Gasteiger partial charge in [-0.3, -0.25) is 4.79 Å². The Hall–Kier alpha value is -1.40. The minimum atomic E-state index is -1.83. The van der Waals surface area contributed by atoms with Gasteiger partial charge in [0.2, 0.25) is 0 Å². The van der Waals surface area contributed by atoms with Crippen molar-refractivity contribution in [1.29, 1.82) is 0 Å². The summed E-state index contributed by atoms with van der Waals surface area (Å²) in [7, 11) is -0.508. The summed E-state index contributed by atoms with van der Waals surface area (Å²) < 4.78 is 12.2. The van der Waals surface area contributed by atoms with Crippen molar-refractivity contribution >= 4 is 14.3 Å². The molecule has 0 spiro atoms. The summed E-state index contributed by atoms with van der Waals surface area (Å²) in [4.78, 5) is 23.3. The standard InChI is InChI=1S/C15H25NO4Si/c1-15(2,3)21(5,6)20-10-9-16-11-12(14(18)19-4)7-8-13(16)17/h7-8,11H,9-10H2,1-6H3. The molecule has 0 aliphatic carbocycles. The Morgan fingerprint density at radius 1 is 1.29 bits per heavy atom. The molecule has 1 aromatic rings. The third-order valence-electron chi connectivity index (χ3n) is 4.01. The predicted octanol–water partition coefficient (Wildman–Crippen LogP) is 2.66. The summed E-state index contributed by atoms with van der Waals surface area (Å²) in [5, 5.41) is 0.131. The van der Waals surface area contributed by atoms with Crippen molar-refractivity contribution in [2.24, 2.45) is 0 Å². The number of methoxy groups -OCH3 is 1. The average molecular weight is 311 g/mol. The summed E-state index contributed by atoms with van der Waals surface area (Å²) in [6.07, 6.45) is 1.52. The topological polar surface area (TPSA) is 57.5 Å². The van der Waals surface area contributed by atoms with E-state index in [0.29, 0.717) is 18.7 Å². The van der Waals surface area contributed by atoms with Crippen LogP contribution in [0.3, 0.4) is 0 Å². The third-order valence-corrected chi connectivity index (χ3v) is 8.54. The van der Waals surface area contributed by atoms with Crippen LogP contribution in [0.5, 0.6) is 0 Å². The first-order valence-electron chi connectivity index (χ1n) is 7.01. The molecule has 0 aromatic carbocycles. The van der Waals surface area contributed by atoms with Crippen molar-refractivity contribution in [2.45, 2.75) is 45.4 Å². The van der Waals surface area contributed by atoms with Crippen LogP contribution in [0.15, 0.2) is 23.1 Å². The lowest BCUT2D eigenvalue weighted by molar-refractivity contribution is 0.0599. The lowest BCUT2D eigenvalue weighted by atomic mass is 10.2. The monoisotopic (exact) mass is 311 g/mol. The fourth-order valence-corrected chi connectivity index (χ4v) is 2.59. The maximum atomic E-state index is 11.8. The van der Waals surface area contributed by atoms with Gasteiger partial charge in [0, 0.05) is 18.8 Å². The average Bonchev–Trinajstić information content (AvgIpc) is 2.38. The second kappa shape index (κ2) is 6.57. The van der Waals surface area contributed by atoms with E-state index in [2.05, 4.69) is 38.6 Å². The minimum Gasteiger partial charge on any atom is -0.465 e. The highest BCUT2D eigenvalue weighted by Gasteiger charge is 2.36. The molecule has 118 valence electrons. The number of ether oxygens (including phenoxy) is 1. The molecule has 0 amide bonds. The highest BCUT2D eigenvalue weighted by atomic mass is 28.4. The Morgan fingerprint density at radius 3 is 2.43 bits per heavy atom. The minimum absolute atomic E-state index is 0.131. The van der Waals surface area contributed by atoms with Gasteiger partial charge in [0.25, 0.3) is 5.56 Å². The molecular weight excluding hydrogens is 286 g/mol. The SMILES string of the molecule is COC(=O)c1ccc(=O)n(CCO[Si](C)(C)C(C)(C)C)c1. The molecule has 0 radical (unpaired) electrons. The van der Waals surface area contributed by atoms with Crippen LogP contribution in [0.4, 0.5) is 0 Å². The Kier molecular flexibility index (Phi) is 5.52. The van der Waals surface area contributed by atoms with Crippen molar-refractivity contribution < 1.29 is 14.0 Å². The van der Waals surface area contributed by atoms with Crippen LogP contribution in [0, 0.1) is 0 Å². The van der Waals surface area contributed by atoms with Gasteiger partial charge >= 0.3 is 5.97 Å². The van der Waals surface area contributed by atoms with Crippen molar-refractivity contribution in [3.63, 3.8) is 0 Å². The van der Waals surface area contributed by atoms with E-state index < -0.39 is 14.3 Å². The molecule has 1 rings (SSSR count). The first-order chi connectivity index (χ1) is 9.58. The van der Waals surface area contributed by atoms with Gasteiger partial charge in [0.05, 0.1) is 19.3 Å². The van der Waals surface area contributed by atoms with Gasteiger partial charge < -0.3 is 13.7 Å². The zero-order valence-corrected chi connectivity index (χ0v) is 14.7. The van der Waals surface area contributed by atoms with Gasteiger partial charge in [-0.2, -0.15) is 0 Å². The van der Waals surface area contributed by atoms with Crippen molar-refractivity contribution in [2.75, 3.05) is 13.7 Å². The number of esters is 1. The largest absolute Gasteiger partial charge is 0.465 e. The maximum absolute atomic E-state index is 11.8. The molecule has 21 heavy (non-hydrogen) atoms. The Morgan fingerprint density at radius 2 is 1.90 bits per heavy atom. The number of carbonyl (C=O) groups excluding carboxylic acids is 1. The highest BCUT2D eigenvalue weighted by molar-refractivity contribution is 6.74. The molecule has 0 fully saturated rings. The summed E-state index contributed by atoms with van der Waals surface area (Å²) in [6, 6.07) is 2.85. The Bertz CT molecular complexity index is 558. The van der Waals surface area contributed by atoms with Gasteiger partial charge in [-0.1, -0.05) is 20.8 Å². The Balaban J connectivity index is 2.76. The molecule has 0 aliphatic rings. The zero-order chi connectivity index (χ0) is 16.3. The normalized spacial score (nSPS) is 12.3. The molecule has 0 saturated heterocycles. The van der Waals surface area contributed by atoms with E-state index in [4.69, 9.17) is 4.43 Å². The molecule has 0 N–H and O–H groups in total. The molecule has 0 unspecified atom stereocenters. The van der Waals surface area contributed by atoms with E-state index >= 15 is 0 Å². The molecule has 5 nitrogen and oxygen atoms in total. The van der Waals surface area contributed by atoms with Gasteiger partial charge in [-0.15, -0.1) is 0 Å². The van der Waals surface area contributed by atoms with Crippen LogP contribution in [0.2, 0.25) is 18.1 Å². The second-order valence-electron chi connectivity index (χ2n) is 6.55. The van der Waals surface area contributed by atoms with Gasteiger partial charge in [0.1, 0.15) is 0 Å². The molecular formula is C15H25NO4Si. The van der Waals surface area contributed by atoms with Crippen LogP contribution in [-0.2, 0) is 15.7 Å². The van der Waals surface area contributed by atoms with E-state index in [1.54, 1.807) is 0 Å². The van der Waals surface area contributed by atoms with Crippen molar-refractivity contribution in [3.8, 4) is 0 Å². The molecule has 6 heteroatoms. The first-order valence-corrected chi connectivity index (χ1v) is 9.92. The van der Waals surface area contributed by atoms with Crippen LogP contribution in [-0.4, -0.2) is 32.6 Å². The fraction of sp³-hybridized carbons (Fsp3) is 0.600. The number of hydrogen-bond donors (Lipinski definition) is 0. The molecule has 0 bridgehead atoms. The quantitative estimate of drug-likeness (QED) is 0.619. The van der Waals surface area contributed by atoms with Crippen molar-refractivity contribution in [1.82, 2.24) is 4.57 Å². The van der Waals surface area contributed by atoms with E-state index in [1.807, 2.05) is 0 Å². The second-order valence-corrected chi connectivity index (χ2v) is 11.4. The third kappa shape index (κ3) is 4.54. The summed E-state index contributed by atoms with van der Waals surface area (Å²) in [6.45, 7) is 11.7. The molecule has 1 aromatic heterocycles. The molecule has 0 aliphatic heterocycles. The summed E-state index contributed by atoms with van der Waals surface area (Å²) in [5.41, 5.74) is 0.214. The number of nitrogens with zero attached hydrogens (tertiary/aromatic N) is 1. The number of rotatable bonds is 5. The van der Waals surface area contributed by atoms with Gasteiger partial charge in [-0.25, -0.2) is 4.79 Å². The Labute approximate surface area is 127 Å². The number of carbonyl (C=O) groups is 1. The van der Waals surface area contributed by atoms with E-state index in [1.165, 1.54) is 30.0 Å². The smallest absolute Gasteiger partial charge is 0.339 e. The lowest BCUT2D eigenvalue weighted by Crippen LogP contribution is -2.41. The van der Waals surface area contributed by atoms with E-state index in [9.17, 15) is 9.59 Å². The fourth-order valence-electron chi connectivity index (χ4n) is 1.56. The van der Waals surface area contributed by atoms with Gasteiger partial charge in [-0.05, 0) is 24.2 Å². The van der Waals surface area contributed by atoms with Crippen LogP contribution in [0.1, 0.15) is 31.1 Å². The summed E-state index contributed by atoms with van der Waals surface area (Å²) in [5.74, 6) is -0.450. The molecule has 0 atom stereocenters. The van der Waals surface area contributed by atoms with E-state index in [0.717, 1.165) is 0 Å². The zero-order valence-electron chi connectivity index (χ0n) is 13.7. The number of aromatic nitrogens is 1. The summed E-state index contributed by atoms with van der Waals surface area (Å²) >= 11 is 0. The first kappa shape index (κ1) is 17.6. The molecule has 0 saturated carbocycles. The van der Waals surface area contributed by atoms with Crippen molar-refractivity contribution in [3.05, 3.63) is 34.2 Å². The number of hydrogen-bond acceptors (Lipinski definition) is 4. The van der Waals surface area contributed by atoms with Crippen LogP contribution in [0.25, 0.3) is 0 Å². The predicted molar refractivity (Wildman–Crippen MR) is 85.2 cm³/mol. The number of pyridine rings is 1. The van der Waals surface area contributed by atoms with E-state index in [-0.39, 0.29) is 10.6 Å². The maximum Gasteiger partial charge on any atom is 0.339 e. The van der Waals surface area contributed by atoms with Crippen LogP contribution < -0.4 is 5.56 Å². The molecule has 1 heterocycles. The van der Waals surface area contributed by atoms with Gasteiger partial charge in [0.15, 0.2) is 8.32 Å². The van der Waals surface area contributed by atoms with Crippen LogP contribution >= 0.6 is 0 Å². The lowest BCUT2D eigenvalue weighted by Gasteiger charge is -2.36. The highest BCUT2D eigenvalue weighted by Crippen LogP contribution is 2.36.